The summed E-state index contributed by atoms with van der Waals surface area (Å²) in [6.07, 6.45) is 3.33. The van der Waals surface area contributed by atoms with Crippen LogP contribution < -0.4 is 5.43 Å². The maximum atomic E-state index is 12.9. The Balaban J connectivity index is 1.50. The molecular weight excluding hydrogens is 431 g/mol. The van der Waals surface area contributed by atoms with Crippen LogP contribution in [0.4, 0.5) is 4.39 Å². The average Bonchev–Trinajstić information content (AvgIpc) is 3.29. The largest absolute Gasteiger partial charge is 0.360 e. The molecule has 0 unspecified atom stereocenters. The summed E-state index contributed by atoms with van der Waals surface area (Å²) in [4.78, 5) is 19.9. The first-order valence-corrected chi connectivity index (χ1v) is 9.59. The molecule has 4 aromatic rings. The van der Waals surface area contributed by atoms with Gasteiger partial charge in [0.05, 0.1) is 6.21 Å². The maximum Gasteiger partial charge on any atom is 0.290 e. The summed E-state index contributed by atoms with van der Waals surface area (Å²) >= 11 is 4.86. The van der Waals surface area contributed by atoms with Gasteiger partial charge in [0.1, 0.15) is 16.5 Å². The van der Waals surface area contributed by atoms with Gasteiger partial charge in [-0.3, -0.25) is 4.79 Å². The Hall–Kier alpha value is -2.84. The molecule has 0 saturated heterocycles. The number of aromatic nitrogens is 2. The highest BCUT2D eigenvalue weighted by molar-refractivity contribution is 9.10. The fourth-order valence-corrected chi connectivity index (χ4v) is 3.73. The van der Waals surface area contributed by atoms with Gasteiger partial charge in [0.15, 0.2) is 0 Å². The van der Waals surface area contributed by atoms with Crippen molar-refractivity contribution in [3.8, 4) is 10.6 Å². The van der Waals surface area contributed by atoms with Gasteiger partial charge in [-0.05, 0) is 35.9 Å². The fourth-order valence-electron chi connectivity index (χ4n) is 2.54. The van der Waals surface area contributed by atoms with Crippen molar-refractivity contribution < 1.29 is 9.18 Å². The topological polar surface area (TPSA) is 70.1 Å². The first-order valence-electron chi connectivity index (χ1n) is 7.92. The molecule has 0 radical (unpaired) electrons. The Morgan fingerprint density at radius 1 is 1.26 bits per heavy atom. The number of amides is 1. The molecule has 2 N–H and O–H groups in total. The van der Waals surface area contributed by atoms with Gasteiger partial charge in [0.25, 0.3) is 5.91 Å². The minimum Gasteiger partial charge on any atom is -0.360 e. The lowest BCUT2D eigenvalue weighted by molar-refractivity contribution is 0.0951. The number of rotatable bonds is 4. The zero-order valence-corrected chi connectivity index (χ0v) is 16.1. The van der Waals surface area contributed by atoms with E-state index in [9.17, 15) is 9.18 Å². The van der Waals surface area contributed by atoms with Gasteiger partial charge in [-0.1, -0.05) is 28.1 Å². The van der Waals surface area contributed by atoms with Crippen molar-refractivity contribution in [1.29, 1.82) is 0 Å². The maximum absolute atomic E-state index is 12.9. The van der Waals surface area contributed by atoms with E-state index in [1.807, 2.05) is 24.4 Å². The minimum atomic E-state index is -0.406. The van der Waals surface area contributed by atoms with E-state index in [1.165, 1.54) is 29.7 Å². The number of carbonyl (C=O) groups is 1. The standard InChI is InChI=1S/C19H12BrFN4OS/c20-12-3-6-16-14(7-12)15(9-22-16)19-24-17(10-27-19)18(26)25-23-8-11-1-4-13(21)5-2-11/h1-10,22H,(H,25,26)/b23-8+. The summed E-state index contributed by atoms with van der Waals surface area (Å²) in [5, 5.41) is 7.35. The van der Waals surface area contributed by atoms with Crippen molar-refractivity contribution in [2.75, 3.05) is 0 Å². The van der Waals surface area contributed by atoms with E-state index in [-0.39, 0.29) is 11.5 Å². The van der Waals surface area contributed by atoms with Crippen LogP contribution >= 0.6 is 27.3 Å². The molecule has 8 heteroatoms. The van der Waals surface area contributed by atoms with Gasteiger partial charge in [-0.15, -0.1) is 11.3 Å². The van der Waals surface area contributed by atoms with E-state index in [0.717, 1.165) is 25.9 Å². The summed E-state index contributed by atoms with van der Waals surface area (Å²) in [6.45, 7) is 0. The molecule has 0 saturated carbocycles. The molecule has 0 fully saturated rings. The van der Waals surface area contributed by atoms with Crippen molar-refractivity contribution in [3.63, 3.8) is 0 Å². The Morgan fingerprint density at radius 3 is 2.89 bits per heavy atom. The molecule has 2 heterocycles. The molecule has 4 rings (SSSR count). The zero-order valence-electron chi connectivity index (χ0n) is 13.7. The van der Waals surface area contributed by atoms with Crippen molar-refractivity contribution in [2.45, 2.75) is 0 Å². The van der Waals surface area contributed by atoms with Crippen LogP contribution in [-0.2, 0) is 0 Å². The number of halogens is 2. The van der Waals surface area contributed by atoms with E-state index >= 15 is 0 Å². The number of hydrazone groups is 1. The summed E-state index contributed by atoms with van der Waals surface area (Å²) in [5.74, 6) is -0.729. The van der Waals surface area contributed by atoms with E-state index in [0.29, 0.717) is 5.56 Å². The van der Waals surface area contributed by atoms with Gasteiger partial charge in [-0.2, -0.15) is 5.10 Å². The van der Waals surface area contributed by atoms with E-state index in [1.54, 1.807) is 17.5 Å². The quantitative estimate of drug-likeness (QED) is 0.346. The smallest absolute Gasteiger partial charge is 0.290 e. The third-order valence-corrected chi connectivity index (χ3v) is 5.23. The van der Waals surface area contributed by atoms with Crippen LogP contribution in [0.1, 0.15) is 16.1 Å². The normalized spacial score (nSPS) is 11.3. The van der Waals surface area contributed by atoms with E-state index in [2.05, 4.69) is 36.4 Å². The first-order chi connectivity index (χ1) is 13.1. The van der Waals surface area contributed by atoms with Crippen molar-refractivity contribution in [3.05, 3.63) is 75.6 Å². The molecule has 134 valence electrons. The van der Waals surface area contributed by atoms with Gasteiger partial charge in [0, 0.05) is 32.5 Å². The number of benzene rings is 2. The van der Waals surface area contributed by atoms with Crippen LogP contribution in [0.5, 0.6) is 0 Å². The monoisotopic (exact) mass is 442 g/mol. The van der Waals surface area contributed by atoms with Crippen LogP contribution in [0, 0.1) is 5.82 Å². The molecule has 1 amide bonds. The number of carbonyl (C=O) groups excluding carboxylic acids is 1. The Morgan fingerprint density at radius 2 is 2.07 bits per heavy atom. The highest BCUT2D eigenvalue weighted by Gasteiger charge is 2.14. The Labute approximate surface area is 166 Å². The third kappa shape index (κ3) is 3.81. The second-order valence-electron chi connectivity index (χ2n) is 5.68. The number of nitrogens with zero attached hydrogens (tertiary/aromatic N) is 2. The summed E-state index contributed by atoms with van der Waals surface area (Å²) in [6, 6.07) is 11.7. The van der Waals surface area contributed by atoms with Crippen molar-refractivity contribution in [1.82, 2.24) is 15.4 Å². The summed E-state index contributed by atoms with van der Waals surface area (Å²) in [5.41, 5.74) is 5.33. The summed E-state index contributed by atoms with van der Waals surface area (Å²) in [7, 11) is 0. The fraction of sp³-hybridized carbons (Fsp3) is 0. The van der Waals surface area contributed by atoms with Gasteiger partial charge >= 0.3 is 0 Å². The van der Waals surface area contributed by atoms with Crippen molar-refractivity contribution >= 4 is 50.3 Å². The third-order valence-electron chi connectivity index (χ3n) is 3.86. The molecule has 0 atom stereocenters. The van der Waals surface area contributed by atoms with E-state index in [4.69, 9.17) is 0 Å². The number of hydrogen-bond donors (Lipinski definition) is 2. The first kappa shape index (κ1) is 17.6. The number of H-pyrrole nitrogens is 1. The summed E-state index contributed by atoms with van der Waals surface area (Å²) < 4.78 is 13.8. The highest BCUT2D eigenvalue weighted by atomic mass is 79.9. The predicted octanol–water partition coefficient (Wildman–Crippen LogP) is 4.96. The molecule has 0 aliphatic heterocycles. The van der Waals surface area contributed by atoms with Crippen LogP contribution in [0.25, 0.3) is 21.5 Å². The minimum absolute atomic E-state index is 0.288. The zero-order chi connectivity index (χ0) is 18.8. The predicted molar refractivity (Wildman–Crippen MR) is 109 cm³/mol. The molecule has 0 bridgehead atoms. The molecule has 0 aliphatic rings. The molecule has 27 heavy (non-hydrogen) atoms. The molecule has 0 aliphatic carbocycles. The van der Waals surface area contributed by atoms with Gasteiger partial charge < -0.3 is 4.98 Å². The Kier molecular flexibility index (Phi) is 4.83. The van der Waals surface area contributed by atoms with Crippen LogP contribution in [0.15, 0.2) is 63.6 Å². The number of nitrogens with one attached hydrogen (secondary N) is 2. The lowest BCUT2D eigenvalue weighted by atomic mass is 10.2. The second-order valence-corrected chi connectivity index (χ2v) is 7.45. The Bertz CT molecular complexity index is 1150. The number of aromatic amines is 1. The number of thiazole rings is 1. The lowest BCUT2D eigenvalue weighted by Crippen LogP contribution is -2.17. The van der Waals surface area contributed by atoms with Crippen LogP contribution in [0.2, 0.25) is 0 Å². The van der Waals surface area contributed by atoms with Gasteiger partial charge in [-0.25, -0.2) is 14.8 Å². The molecule has 2 aromatic heterocycles. The molecular formula is C19H12BrFN4OS. The number of fused-ring (bicyclic) bond motifs is 1. The van der Waals surface area contributed by atoms with Crippen LogP contribution in [0.3, 0.4) is 0 Å². The molecule has 2 aromatic carbocycles. The lowest BCUT2D eigenvalue weighted by Gasteiger charge is -1.97. The average molecular weight is 443 g/mol. The molecule has 0 spiro atoms. The van der Waals surface area contributed by atoms with Crippen LogP contribution in [-0.4, -0.2) is 22.1 Å². The molecule has 5 nitrogen and oxygen atoms in total. The SMILES string of the molecule is O=C(N/N=C/c1ccc(F)cc1)c1csc(-c2c[nH]c3ccc(Br)cc23)n1. The van der Waals surface area contributed by atoms with Gasteiger partial charge in [0.2, 0.25) is 0 Å². The highest BCUT2D eigenvalue weighted by Crippen LogP contribution is 2.32. The van der Waals surface area contributed by atoms with E-state index < -0.39 is 5.91 Å². The number of hydrogen-bond acceptors (Lipinski definition) is 4. The van der Waals surface area contributed by atoms with Crippen molar-refractivity contribution in [2.24, 2.45) is 5.10 Å². The second kappa shape index (κ2) is 7.42.